The van der Waals surface area contributed by atoms with Crippen molar-refractivity contribution >= 4 is 17.5 Å². The molecule has 170 valence electrons. The third-order valence-electron chi connectivity index (χ3n) is 4.99. The molecule has 0 unspecified atom stereocenters. The molecule has 0 fully saturated rings. The highest BCUT2D eigenvalue weighted by atomic mass is 35.5. The number of para-hydroxylation sites is 1. The van der Waals surface area contributed by atoms with Crippen LogP contribution < -0.4 is 0 Å². The fourth-order valence-electron chi connectivity index (χ4n) is 3.22. The summed E-state index contributed by atoms with van der Waals surface area (Å²) in [5.41, 5.74) is 0.494. The lowest BCUT2D eigenvalue weighted by Crippen LogP contribution is -2.36. The second kappa shape index (κ2) is 9.75. The summed E-state index contributed by atoms with van der Waals surface area (Å²) < 4.78 is 41.3. The molecule has 3 aromatic rings. The van der Waals surface area contributed by atoms with E-state index < -0.39 is 11.9 Å². The van der Waals surface area contributed by atoms with E-state index >= 15 is 0 Å². The molecule has 0 radical (unpaired) electrons. The zero-order chi connectivity index (χ0) is 23.5. The van der Waals surface area contributed by atoms with Crippen LogP contribution >= 0.6 is 11.6 Å². The highest BCUT2D eigenvalue weighted by molar-refractivity contribution is 6.32. The largest absolute Gasteiger partial charge is 0.435 e. The smallest absolute Gasteiger partial charge is 0.338 e. The molecular weight excluding hydrogens is 441 g/mol. The van der Waals surface area contributed by atoms with Crippen LogP contribution in [0.4, 0.5) is 13.2 Å². The van der Waals surface area contributed by atoms with Crippen molar-refractivity contribution in [2.24, 2.45) is 0 Å². The van der Waals surface area contributed by atoms with E-state index in [2.05, 4.69) is 5.10 Å². The second-order valence-electron chi connectivity index (χ2n) is 7.54. The summed E-state index contributed by atoms with van der Waals surface area (Å²) in [7, 11) is 3.87. The van der Waals surface area contributed by atoms with Gasteiger partial charge in [0.05, 0.1) is 16.4 Å². The van der Waals surface area contributed by atoms with E-state index in [-0.39, 0.29) is 16.6 Å². The molecule has 3 rings (SSSR count). The molecule has 0 saturated heterocycles. The molecule has 5 nitrogen and oxygen atoms in total. The van der Waals surface area contributed by atoms with Gasteiger partial charge in [0, 0.05) is 30.8 Å². The van der Waals surface area contributed by atoms with E-state index in [4.69, 9.17) is 11.6 Å². The third-order valence-corrected chi connectivity index (χ3v) is 5.31. The van der Waals surface area contributed by atoms with Gasteiger partial charge in [-0.05, 0) is 51.4 Å². The van der Waals surface area contributed by atoms with Gasteiger partial charge >= 0.3 is 6.18 Å². The average molecular weight is 465 g/mol. The zero-order valence-electron chi connectivity index (χ0n) is 18.0. The van der Waals surface area contributed by atoms with Crippen LogP contribution in [0, 0.1) is 0 Å². The predicted molar refractivity (Wildman–Crippen MR) is 119 cm³/mol. The standard InChI is InChI=1S/C23H24ClF3N4O/c1-4-30(14-13-29(2)3)22(32)17-11-9-16(10-12-17)20-15-21(23(25,26)27)28-31(20)19-8-6-5-7-18(19)24/h5-12,15H,4,13-14H2,1-3H3. The molecule has 1 heterocycles. The summed E-state index contributed by atoms with van der Waals surface area (Å²) in [6.07, 6.45) is -4.61. The first-order valence-electron chi connectivity index (χ1n) is 10.1. The summed E-state index contributed by atoms with van der Waals surface area (Å²) >= 11 is 6.22. The van der Waals surface area contributed by atoms with Crippen LogP contribution in [0.3, 0.4) is 0 Å². The van der Waals surface area contributed by atoms with Crippen molar-refractivity contribution in [2.45, 2.75) is 13.1 Å². The Labute approximate surface area is 190 Å². The van der Waals surface area contributed by atoms with Gasteiger partial charge in [-0.3, -0.25) is 4.79 Å². The quantitative estimate of drug-likeness (QED) is 0.480. The molecule has 9 heteroatoms. The van der Waals surface area contributed by atoms with Crippen LogP contribution in [0.5, 0.6) is 0 Å². The third kappa shape index (κ3) is 5.31. The number of rotatable bonds is 7. The number of nitrogens with zero attached hydrogens (tertiary/aromatic N) is 4. The number of likely N-dealkylation sites (N-methyl/N-ethyl adjacent to an activating group) is 2. The van der Waals surface area contributed by atoms with Crippen LogP contribution in [0.1, 0.15) is 23.0 Å². The molecule has 0 atom stereocenters. The zero-order valence-corrected chi connectivity index (χ0v) is 18.8. The van der Waals surface area contributed by atoms with Crippen molar-refractivity contribution in [3.8, 4) is 16.9 Å². The van der Waals surface area contributed by atoms with Crippen molar-refractivity contribution in [2.75, 3.05) is 33.7 Å². The Hall–Kier alpha value is -2.84. The molecule has 0 aliphatic heterocycles. The number of halogens is 4. The highest BCUT2D eigenvalue weighted by Crippen LogP contribution is 2.34. The molecule has 1 aromatic heterocycles. The molecule has 0 aliphatic carbocycles. The number of amides is 1. The Morgan fingerprint density at radius 3 is 2.28 bits per heavy atom. The Morgan fingerprint density at radius 2 is 1.72 bits per heavy atom. The van der Waals surface area contributed by atoms with Crippen LogP contribution in [-0.2, 0) is 6.18 Å². The van der Waals surface area contributed by atoms with Crippen LogP contribution in [0.15, 0.2) is 54.6 Å². The van der Waals surface area contributed by atoms with Crippen LogP contribution in [-0.4, -0.2) is 59.2 Å². The predicted octanol–water partition coefficient (Wildman–Crippen LogP) is 5.24. The monoisotopic (exact) mass is 464 g/mol. The maximum absolute atomic E-state index is 13.4. The van der Waals surface area contributed by atoms with Gasteiger partial charge < -0.3 is 9.80 Å². The average Bonchev–Trinajstić information content (AvgIpc) is 3.20. The number of alkyl halides is 3. The topological polar surface area (TPSA) is 41.4 Å². The summed E-state index contributed by atoms with van der Waals surface area (Å²) in [5.74, 6) is -0.128. The summed E-state index contributed by atoms with van der Waals surface area (Å²) in [6, 6.07) is 14.0. The number of aromatic nitrogens is 2. The van der Waals surface area contributed by atoms with Crippen molar-refractivity contribution < 1.29 is 18.0 Å². The molecule has 0 bridgehead atoms. The fourth-order valence-corrected chi connectivity index (χ4v) is 3.44. The molecule has 0 aliphatic rings. The number of carbonyl (C=O) groups is 1. The van der Waals surface area contributed by atoms with Crippen molar-refractivity contribution in [3.63, 3.8) is 0 Å². The van der Waals surface area contributed by atoms with Crippen molar-refractivity contribution in [1.29, 1.82) is 0 Å². The molecule has 32 heavy (non-hydrogen) atoms. The fraction of sp³-hybridized carbons (Fsp3) is 0.304. The van der Waals surface area contributed by atoms with E-state index in [9.17, 15) is 18.0 Å². The van der Waals surface area contributed by atoms with Gasteiger partial charge in [0.25, 0.3) is 5.91 Å². The van der Waals surface area contributed by atoms with Gasteiger partial charge in [0.15, 0.2) is 5.69 Å². The van der Waals surface area contributed by atoms with E-state index in [1.165, 1.54) is 4.68 Å². The van der Waals surface area contributed by atoms with Crippen LogP contribution in [0.2, 0.25) is 5.02 Å². The Bertz CT molecular complexity index is 1080. The summed E-state index contributed by atoms with van der Waals surface area (Å²) in [5, 5.41) is 4.03. The maximum Gasteiger partial charge on any atom is 0.435 e. The highest BCUT2D eigenvalue weighted by Gasteiger charge is 2.35. The Kier molecular flexibility index (Phi) is 7.26. The van der Waals surface area contributed by atoms with Crippen LogP contribution in [0.25, 0.3) is 16.9 Å². The minimum absolute atomic E-state index is 0.128. The molecule has 0 N–H and O–H groups in total. The number of carbonyl (C=O) groups excluding carboxylic acids is 1. The van der Waals surface area contributed by atoms with E-state index in [1.54, 1.807) is 53.4 Å². The van der Waals surface area contributed by atoms with Gasteiger partial charge in [0.1, 0.15) is 0 Å². The van der Waals surface area contributed by atoms with E-state index in [0.717, 1.165) is 12.6 Å². The first-order valence-corrected chi connectivity index (χ1v) is 10.5. The molecular formula is C23H24ClF3N4O. The minimum atomic E-state index is -4.61. The SMILES string of the molecule is CCN(CCN(C)C)C(=O)c1ccc(-c2cc(C(F)(F)F)nn2-c2ccccc2Cl)cc1. The number of hydrogen-bond acceptors (Lipinski definition) is 3. The van der Waals surface area contributed by atoms with Gasteiger partial charge in [0.2, 0.25) is 0 Å². The number of hydrogen-bond donors (Lipinski definition) is 0. The van der Waals surface area contributed by atoms with Gasteiger partial charge in [-0.25, -0.2) is 4.68 Å². The number of benzene rings is 2. The van der Waals surface area contributed by atoms with Crippen molar-refractivity contribution in [3.05, 3.63) is 70.9 Å². The first-order chi connectivity index (χ1) is 15.1. The molecule has 2 aromatic carbocycles. The van der Waals surface area contributed by atoms with Gasteiger partial charge in [-0.1, -0.05) is 35.9 Å². The molecule has 1 amide bonds. The lowest BCUT2D eigenvalue weighted by Gasteiger charge is -2.23. The summed E-state index contributed by atoms with van der Waals surface area (Å²) in [6.45, 7) is 3.78. The Balaban J connectivity index is 1.97. The normalized spacial score (nSPS) is 11.8. The lowest BCUT2D eigenvalue weighted by molar-refractivity contribution is -0.141. The van der Waals surface area contributed by atoms with E-state index in [0.29, 0.717) is 29.9 Å². The summed E-state index contributed by atoms with van der Waals surface area (Å²) in [4.78, 5) is 16.5. The minimum Gasteiger partial charge on any atom is -0.338 e. The van der Waals surface area contributed by atoms with Gasteiger partial charge in [-0.2, -0.15) is 18.3 Å². The first kappa shape index (κ1) is 23.8. The van der Waals surface area contributed by atoms with E-state index in [1.807, 2.05) is 25.9 Å². The second-order valence-corrected chi connectivity index (χ2v) is 7.95. The lowest BCUT2D eigenvalue weighted by atomic mass is 10.1. The van der Waals surface area contributed by atoms with Crippen molar-refractivity contribution in [1.82, 2.24) is 19.6 Å². The molecule has 0 saturated carbocycles. The molecule has 0 spiro atoms. The maximum atomic E-state index is 13.4. The van der Waals surface area contributed by atoms with Gasteiger partial charge in [-0.15, -0.1) is 0 Å². The Morgan fingerprint density at radius 1 is 1.06 bits per heavy atom.